The lowest BCUT2D eigenvalue weighted by Crippen LogP contribution is -2.28. The van der Waals surface area contributed by atoms with Crippen LogP contribution in [0.3, 0.4) is 0 Å². The molecule has 1 rings (SSSR count). The molecular formula is C14H17N3O2S. The first-order valence-electron chi connectivity index (χ1n) is 6.27. The highest BCUT2D eigenvalue weighted by atomic mass is 32.2. The smallest absolute Gasteiger partial charge is 0.251 e. The van der Waals surface area contributed by atoms with Gasteiger partial charge in [-0.15, -0.1) is 0 Å². The first-order chi connectivity index (χ1) is 9.67. The number of nitrogens with one attached hydrogen (secondary N) is 1. The Morgan fingerprint density at radius 1 is 1.30 bits per heavy atom. The van der Waals surface area contributed by atoms with Gasteiger partial charge < -0.3 is 11.1 Å². The van der Waals surface area contributed by atoms with Crippen molar-refractivity contribution in [1.29, 1.82) is 5.26 Å². The average Bonchev–Trinajstić information content (AvgIpc) is 2.49. The van der Waals surface area contributed by atoms with Gasteiger partial charge in [-0.2, -0.15) is 5.26 Å². The van der Waals surface area contributed by atoms with Crippen molar-refractivity contribution in [3.05, 3.63) is 35.4 Å². The fourth-order valence-corrected chi connectivity index (χ4v) is 2.20. The van der Waals surface area contributed by atoms with Gasteiger partial charge in [-0.05, 0) is 17.7 Å². The molecule has 0 saturated heterocycles. The van der Waals surface area contributed by atoms with E-state index in [1.807, 2.05) is 18.2 Å². The third-order valence-electron chi connectivity index (χ3n) is 2.49. The molecule has 0 saturated carbocycles. The highest BCUT2D eigenvalue weighted by Gasteiger charge is 2.06. The summed E-state index contributed by atoms with van der Waals surface area (Å²) in [5, 5.41) is 11.1. The third-order valence-corrected chi connectivity index (χ3v) is 3.49. The molecule has 106 valence electrons. The van der Waals surface area contributed by atoms with Crippen molar-refractivity contribution in [2.45, 2.75) is 18.6 Å². The predicted molar refractivity (Wildman–Crippen MR) is 79.0 cm³/mol. The van der Waals surface area contributed by atoms with Gasteiger partial charge in [0, 0.05) is 37.2 Å². The quantitative estimate of drug-likeness (QED) is 0.792. The number of rotatable bonds is 7. The fraction of sp³-hybridized carbons (Fsp3) is 0.357. The molecule has 0 bridgehead atoms. The molecule has 0 fully saturated rings. The van der Waals surface area contributed by atoms with E-state index in [1.165, 1.54) is 11.8 Å². The van der Waals surface area contributed by atoms with Crippen LogP contribution in [0.25, 0.3) is 0 Å². The van der Waals surface area contributed by atoms with E-state index in [2.05, 4.69) is 5.32 Å². The van der Waals surface area contributed by atoms with Crippen molar-refractivity contribution in [2.75, 3.05) is 13.1 Å². The first kappa shape index (κ1) is 16.2. The number of nitriles is 1. The summed E-state index contributed by atoms with van der Waals surface area (Å²) in [7, 11) is 0. The average molecular weight is 291 g/mol. The highest BCUT2D eigenvalue weighted by molar-refractivity contribution is 8.12. The number of thioether (sulfide) groups is 1. The van der Waals surface area contributed by atoms with E-state index in [-0.39, 0.29) is 23.9 Å². The molecule has 1 aromatic rings. The Hall–Kier alpha value is -1.84. The lowest BCUT2D eigenvalue weighted by atomic mass is 10.1. The molecule has 5 nitrogen and oxygen atoms in total. The van der Waals surface area contributed by atoms with Gasteiger partial charge in [-0.3, -0.25) is 9.59 Å². The lowest BCUT2D eigenvalue weighted by molar-refractivity contribution is -0.110. The minimum absolute atomic E-state index is 0.0105. The van der Waals surface area contributed by atoms with Crippen molar-refractivity contribution in [2.24, 2.45) is 5.73 Å². The van der Waals surface area contributed by atoms with Gasteiger partial charge in [0.1, 0.15) is 0 Å². The van der Waals surface area contributed by atoms with Crippen LogP contribution in [0.15, 0.2) is 24.3 Å². The van der Waals surface area contributed by atoms with Crippen LogP contribution in [0.2, 0.25) is 0 Å². The molecular weight excluding hydrogens is 274 g/mol. The maximum atomic E-state index is 11.6. The minimum atomic E-state index is -0.153. The third kappa shape index (κ3) is 5.87. The molecule has 0 radical (unpaired) electrons. The topological polar surface area (TPSA) is 96.0 Å². The van der Waals surface area contributed by atoms with Crippen LogP contribution < -0.4 is 11.1 Å². The van der Waals surface area contributed by atoms with Gasteiger partial charge in [-0.25, -0.2) is 0 Å². The Kier molecular flexibility index (Phi) is 7.40. The van der Waals surface area contributed by atoms with E-state index in [4.69, 9.17) is 11.0 Å². The van der Waals surface area contributed by atoms with E-state index in [1.54, 1.807) is 12.1 Å². The highest BCUT2D eigenvalue weighted by Crippen LogP contribution is 2.16. The number of carbonyl (C=O) groups excluding carboxylic acids is 2. The van der Waals surface area contributed by atoms with Crippen LogP contribution in [0.1, 0.15) is 28.8 Å². The summed E-state index contributed by atoms with van der Waals surface area (Å²) >= 11 is 1.19. The van der Waals surface area contributed by atoms with Crippen LogP contribution in [0, 0.1) is 11.3 Å². The number of carbonyl (C=O) groups is 2. The second-order valence-electron chi connectivity index (χ2n) is 4.06. The van der Waals surface area contributed by atoms with Crippen LogP contribution in [-0.2, 0) is 10.5 Å². The van der Waals surface area contributed by atoms with E-state index in [0.717, 1.165) is 5.56 Å². The van der Waals surface area contributed by atoms with Crippen LogP contribution >= 0.6 is 11.8 Å². The number of hydrogen-bond acceptors (Lipinski definition) is 5. The molecule has 0 atom stereocenters. The summed E-state index contributed by atoms with van der Waals surface area (Å²) in [5.41, 5.74) is 6.85. The molecule has 0 aliphatic rings. The zero-order chi connectivity index (χ0) is 14.8. The number of benzene rings is 1. The molecule has 0 aromatic heterocycles. The molecule has 3 N–H and O–H groups in total. The second kappa shape index (κ2) is 9.13. The van der Waals surface area contributed by atoms with E-state index < -0.39 is 0 Å². The van der Waals surface area contributed by atoms with Crippen LogP contribution in [-0.4, -0.2) is 24.1 Å². The molecule has 1 amide bonds. The summed E-state index contributed by atoms with van der Waals surface area (Å²) < 4.78 is 0. The molecule has 0 unspecified atom stereocenters. The van der Waals surface area contributed by atoms with Gasteiger partial charge in [0.15, 0.2) is 5.12 Å². The molecule has 0 aliphatic heterocycles. The number of hydrogen-bond donors (Lipinski definition) is 2. The Balaban J connectivity index is 2.44. The maximum Gasteiger partial charge on any atom is 0.251 e. The SMILES string of the molecule is N#CCCC(=O)SCc1ccc(C(=O)NCCN)cc1. The number of nitrogens with zero attached hydrogens (tertiary/aromatic N) is 1. The first-order valence-corrected chi connectivity index (χ1v) is 7.25. The normalized spacial score (nSPS) is 9.80. The Bertz CT molecular complexity index is 494. The summed E-state index contributed by atoms with van der Waals surface area (Å²) in [4.78, 5) is 23.0. The second-order valence-corrected chi connectivity index (χ2v) is 5.09. The Morgan fingerprint density at radius 3 is 2.60 bits per heavy atom. The number of amides is 1. The monoisotopic (exact) mass is 291 g/mol. The van der Waals surface area contributed by atoms with E-state index in [9.17, 15) is 9.59 Å². The van der Waals surface area contributed by atoms with Crippen molar-refractivity contribution in [3.63, 3.8) is 0 Å². The van der Waals surface area contributed by atoms with Gasteiger partial charge in [0.05, 0.1) is 6.07 Å². The summed E-state index contributed by atoms with van der Waals surface area (Å²) in [6.45, 7) is 0.856. The molecule has 0 spiro atoms. The van der Waals surface area contributed by atoms with Gasteiger partial charge in [0.25, 0.3) is 5.91 Å². The van der Waals surface area contributed by atoms with E-state index in [0.29, 0.717) is 24.4 Å². The number of nitrogens with two attached hydrogens (primary N) is 1. The zero-order valence-electron chi connectivity index (χ0n) is 11.1. The van der Waals surface area contributed by atoms with Gasteiger partial charge in [0.2, 0.25) is 0 Å². The standard InChI is InChI=1S/C14H17N3O2S/c15-7-1-2-13(18)20-10-11-3-5-12(6-4-11)14(19)17-9-8-16/h3-6H,1-2,8-10,16H2,(H,17,19). The molecule has 1 aromatic carbocycles. The maximum absolute atomic E-state index is 11.6. The Labute approximate surface area is 122 Å². The van der Waals surface area contributed by atoms with Gasteiger partial charge in [-0.1, -0.05) is 23.9 Å². The molecule has 6 heteroatoms. The Morgan fingerprint density at radius 2 is 2.00 bits per heavy atom. The minimum Gasteiger partial charge on any atom is -0.351 e. The van der Waals surface area contributed by atoms with Crippen molar-refractivity contribution >= 4 is 22.8 Å². The van der Waals surface area contributed by atoms with Crippen molar-refractivity contribution < 1.29 is 9.59 Å². The van der Waals surface area contributed by atoms with E-state index >= 15 is 0 Å². The van der Waals surface area contributed by atoms with Crippen LogP contribution in [0.4, 0.5) is 0 Å². The van der Waals surface area contributed by atoms with Crippen molar-refractivity contribution in [1.82, 2.24) is 5.32 Å². The summed E-state index contributed by atoms with van der Waals surface area (Å²) in [5.74, 6) is 0.398. The summed E-state index contributed by atoms with van der Waals surface area (Å²) in [6.07, 6.45) is 0.535. The van der Waals surface area contributed by atoms with Gasteiger partial charge >= 0.3 is 0 Å². The summed E-state index contributed by atoms with van der Waals surface area (Å²) in [6, 6.07) is 9.04. The van der Waals surface area contributed by atoms with Crippen molar-refractivity contribution in [3.8, 4) is 6.07 Å². The fourth-order valence-electron chi connectivity index (χ4n) is 1.43. The lowest BCUT2D eigenvalue weighted by Gasteiger charge is -2.05. The largest absolute Gasteiger partial charge is 0.351 e. The molecule has 0 heterocycles. The zero-order valence-corrected chi connectivity index (χ0v) is 11.9. The van der Waals surface area contributed by atoms with Crippen LogP contribution in [0.5, 0.6) is 0 Å². The molecule has 0 aliphatic carbocycles. The molecule has 20 heavy (non-hydrogen) atoms. The predicted octanol–water partition coefficient (Wildman–Crippen LogP) is 1.44.